The highest BCUT2D eigenvalue weighted by Crippen LogP contribution is 2.30. The first-order valence-electron chi connectivity index (χ1n) is 6.51. The second-order valence-electron chi connectivity index (χ2n) is 4.72. The first kappa shape index (κ1) is 16.1. The van der Waals surface area contributed by atoms with E-state index in [1.54, 1.807) is 7.11 Å². The number of rotatable bonds is 5. The van der Waals surface area contributed by atoms with Gasteiger partial charge < -0.3 is 15.2 Å². The number of benzene rings is 2. The van der Waals surface area contributed by atoms with E-state index in [1.807, 2.05) is 43.3 Å². The second kappa shape index (κ2) is 7.16. The van der Waals surface area contributed by atoms with Crippen molar-refractivity contribution in [3.05, 3.63) is 57.0 Å². The zero-order valence-corrected chi connectivity index (χ0v) is 14.2. The second-order valence-corrected chi connectivity index (χ2v) is 6.05. The summed E-state index contributed by atoms with van der Waals surface area (Å²) >= 11 is 9.66. The number of hydrogen-bond donors (Lipinski definition) is 1. The Morgan fingerprint density at radius 3 is 2.52 bits per heavy atom. The zero-order valence-electron chi connectivity index (χ0n) is 11.9. The average Bonchev–Trinajstić information content (AvgIpc) is 2.46. The van der Waals surface area contributed by atoms with Crippen LogP contribution < -0.4 is 15.2 Å². The summed E-state index contributed by atoms with van der Waals surface area (Å²) in [4.78, 5) is 0. The third-order valence-electron chi connectivity index (χ3n) is 3.11. The van der Waals surface area contributed by atoms with Crippen LogP contribution in [0, 0.1) is 0 Å². The Morgan fingerprint density at radius 1 is 1.19 bits per heavy atom. The van der Waals surface area contributed by atoms with Gasteiger partial charge in [0.15, 0.2) is 0 Å². The molecular formula is C16H17BrClNO2. The molecule has 0 aliphatic rings. The van der Waals surface area contributed by atoms with Crippen LogP contribution in [0.5, 0.6) is 11.5 Å². The van der Waals surface area contributed by atoms with Crippen LogP contribution in [0.15, 0.2) is 40.9 Å². The third-order valence-corrected chi connectivity index (χ3v) is 3.90. The molecule has 112 valence electrons. The van der Waals surface area contributed by atoms with Crippen LogP contribution in [0.2, 0.25) is 5.02 Å². The van der Waals surface area contributed by atoms with Gasteiger partial charge in [-0.3, -0.25) is 0 Å². The van der Waals surface area contributed by atoms with Crippen LogP contribution in [0.1, 0.15) is 24.1 Å². The summed E-state index contributed by atoms with van der Waals surface area (Å²) in [5, 5.41) is 0.554. The molecule has 0 spiro atoms. The molecular weight excluding hydrogens is 354 g/mol. The predicted octanol–water partition coefficient (Wildman–Crippen LogP) is 4.71. The molecule has 1 atom stereocenters. The molecule has 2 N–H and O–H groups in total. The lowest BCUT2D eigenvalue weighted by Gasteiger charge is -2.13. The normalized spacial score (nSPS) is 12.0. The number of nitrogens with two attached hydrogens (primary N) is 1. The van der Waals surface area contributed by atoms with Gasteiger partial charge in [0.25, 0.3) is 0 Å². The SMILES string of the molecule is COc1ccc(Br)cc1COc1ccc([C@H](C)N)cc1Cl. The van der Waals surface area contributed by atoms with Crippen LogP contribution in [0.25, 0.3) is 0 Å². The van der Waals surface area contributed by atoms with Crippen molar-refractivity contribution >= 4 is 27.5 Å². The highest BCUT2D eigenvalue weighted by Gasteiger charge is 2.09. The topological polar surface area (TPSA) is 44.5 Å². The smallest absolute Gasteiger partial charge is 0.138 e. The Bertz CT molecular complexity index is 632. The molecule has 0 saturated carbocycles. The lowest BCUT2D eigenvalue weighted by molar-refractivity contribution is 0.296. The molecule has 2 aromatic rings. The van der Waals surface area contributed by atoms with Gasteiger partial charge in [-0.15, -0.1) is 0 Å². The van der Waals surface area contributed by atoms with E-state index in [-0.39, 0.29) is 6.04 Å². The van der Waals surface area contributed by atoms with Gasteiger partial charge >= 0.3 is 0 Å². The van der Waals surface area contributed by atoms with Gasteiger partial charge in [0.05, 0.1) is 12.1 Å². The summed E-state index contributed by atoms with van der Waals surface area (Å²) in [5.74, 6) is 1.41. The maximum absolute atomic E-state index is 6.22. The molecule has 3 nitrogen and oxygen atoms in total. The molecule has 0 radical (unpaired) electrons. The van der Waals surface area contributed by atoms with E-state index >= 15 is 0 Å². The van der Waals surface area contributed by atoms with Crippen molar-refractivity contribution in [2.75, 3.05) is 7.11 Å². The number of ether oxygens (including phenoxy) is 2. The minimum Gasteiger partial charge on any atom is -0.496 e. The number of hydrogen-bond acceptors (Lipinski definition) is 3. The standard InChI is InChI=1S/C16H17BrClNO2/c1-10(19)11-3-5-16(14(18)8-11)21-9-12-7-13(17)4-6-15(12)20-2/h3-8,10H,9,19H2,1-2H3/t10-/m0/s1. The molecule has 5 heteroatoms. The summed E-state index contributed by atoms with van der Waals surface area (Å²) in [6.07, 6.45) is 0. The molecule has 0 unspecified atom stereocenters. The van der Waals surface area contributed by atoms with E-state index in [9.17, 15) is 0 Å². The van der Waals surface area contributed by atoms with Crippen LogP contribution in [-0.2, 0) is 6.61 Å². The van der Waals surface area contributed by atoms with Gasteiger partial charge in [0.2, 0.25) is 0 Å². The minimum atomic E-state index is -0.0540. The van der Waals surface area contributed by atoms with E-state index < -0.39 is 0 Å². The first-order chi connectivity index (χ1) is 10.0. The van der Waals surface area contributed by atoms with Gasteiger partial charge in [0.1, 0.15) is 18.1 Å². The molecule has 0 fully saturated rings. The van der Waals surface area contributed by atoms with Crippen molar-refractivity contribution in [2.45, 2.75) is 19.6 Å². The molecule has 21 heavy (non-hydrogen) atoms. The highest BCUT2D eigenvalue weighted by atomic mass is 79.9. The van der Waals surface area contributed by atoms with Crippen molar-refractivity contribution in [1.82, 2.24) is 0 Å². The van der Waals surface area contributed by atoms with Gasteiger partial charge in [-0.25, -0.2) is 0 Å². The van der Waals surface area contributed by atoms with Gasteiger partial charge in [-0.2, -0.15) is 0 Å². The van der Waals surface area contributed by atoms with Crippen LogP contribution in [-0.4, -0.2) is 7.11 Å². The Morgan fingerprint density at radius 2 is 1.90 bits per heavy atom. The van der Waals surface area contributed by atoms with Gasteiger partial charge in [-0.05, 0) is 42.8 Å². The van der Waals surface area contributed by atoms with E-state index in [0.29, 0.717) is 17.4 Å². The minimum absolute atomic E-state index is 0.0540. The Kier molecular flexibility index (Phi) is 5.51. The third kappa shape index (κ3) is 4.13. The molecule has 2 rings (SSSR count). The summed E-state index contributed by atoms with van der Waals surface area (Å²) in [6.45, 7) is 2.29. The Hall–Kier alpha value is -1.23. The van der Waals surface area contributed by atoms with Crippen molar-refractivity contribution in [2.24, 2.45) is 5.73 Å². The summed E-state index contributed by atoms with van der Waals surface area (Å²) in [7, 11) is 1.64. The van der Waals surface area contributed by atoms with E-state index in [2.05, 4.69) is 15.9 Å². The number of methoxy groups -OCH3 is 1. The van der Waals surface area contributed by atoms with E-state index in [4.69, 9.17) is 26.8 Å². The number of halogens is 2. The van der Waals surface area contributed by atoms with E-state index in [0.717, 1.165) is 21.3 Å². The lowest BCUT2D eigenvalue weighted by atomic mass is 10.1. The summed E-state index contributed by atoms with van der Waals surface area (Å²) in [5.41, 5.74) is 7.75. The van der Waals surface area contributed by atoms with Gasteiger partial charge in [-0.1, -0.05) is 33.6 Å². The van der Waals surface area contributed by atoms with Crippen molar-refractivity contribution < 1.29 is 9.47 Å². The molecule has 0 bridgehead atoms. The van der Waals surface area contributed by atoms with Crippen LogP contribution >= 0.6 is 27.5 Å². The Balaban J connectivity index is 2.15. The largest absolute Gasteiger partial charge is 0.496 e. The molecule has 0 heterocycles. The Labute approximate surface area is 138 Å². The summed E-state index contributed by atoms with van der Waals surface area (Å²) in [6, 6.07) is 11.3. The van der Waals surface area contributed by atoms with Crippen molar-refractivity contribution in [3.8, 4) is 11.5 Å². The maximum Gasteiger partial charge on any atom is 0.138 e. The molecule has 0 amide bonds. The molecule has 0 aromatic heterocycles. The fourth-order valence-corrected chi connectivity index (χ4v) is 2.58. The van der Waals surface area contributed by atoms with E-state index in [1.165, 1.54) is 0 Å². The van der Waals surface area contributed by atoms with Crippen LogP contribution in [0.3, 0.4) is 0 Å². The fourth-order valence-electron chi connectivity index (χ4n) is 1.93. The van der Waals surface area contributed by atoms with Crippen molar-refractivity contribution in [1.29, 1.82) is 0 Å². The fraction of sp³-hybridized carbons (Fsp3) is 0.250. The zero-order chi connectivity index (χ0) is 15.4. The highest BCUT2D eigenvalue weighted by molar-refractivity contribution is 9.10. The maximum atomic E-state index is 6.22. The molecule has 0 aliphatic carbocycles. The monoisotopic (exact) mass is 369 g/mol. The summed E-state index contributed by atoms with van der Waals surface area (Å²) < 4.78 is 12.1. The predicted molar refractivity (Wildman–Crippen MR) is 89.1 cm³/mol. The molecule has 0 saturated heterocycles. The lowest BCUT2D eigenvalue weighted by Crippen LogP contribution is -2.05. The molecule has 2 aromatic carbocycles. The van der Waals surface area contributed by atoms with Gasteiger partial charge in [0, 0.05) is 16.1 Å². The average molecular weight is 371 g/mol. The quantitative estimate of drug-likeness (QED) is 0.829. The molecule has 0 aliphatic heterocycles. The van der Waals surface area contributed by atoms with Crippen LogP contribution in [0.4, 0.5) is 0 Å². The van der Waals surface area contributed by atoms with Crippen molar-refractivity contribution in [3.63, 3.8) is 0 Å². The first-order valence-corrected chi connectivity index (χ1v) is 7.68.